The average molecular weight is 304 g/mol. The number of hydrogen-bond donors (Lipinski definition) is 0. The van der Waals surface area contributed by atoms with Gasteiger partial charge in [-0.15, -0.1) is 0 Å². The summed E-state index contributed by atoms with van der Waals surface area (Å²) in [6, 6.07) is 1.63. The van der Waals surface area contributed by atoms with Crippen molar-refractivity contribution in [2.45, 2.75) is 39.4 Å². The third-order valence-corrected chi connectivity index (χ3v) is 2.92. The van der Waals surface area contributed by atoms with Crippen molar-refractivity contribution in [3.8, 4) is 0 Å². The number of carbonyl (C=O) groups is 1. The minimum atomic E-state index is -4.55. The largest absolute Gasteiger partial charge is 0.464 e. The van der Waals surface area contributed by atoms with Crippen molar-refractivity contribution in [1.29, 1.82) is 0 Å². The number of esters is 1. The lowest BCUT2D eigenvalue weighted by molar-refractivity contribution is -0.137. The molecule has 0 aliphatic rings. The Bertz CT molecular complexity index is 501. The van der Waals surface area contributed by atoms with E-state index in [0.717, 1.165) is 19.6 Å². The Morgan fingerprint density at radius 2 is 2.00 bits per heavy atom. The van der Waals surface area contributed by atoms with Crippen LogP contribution in [-0.4, -0.2) is 30.6 Å². The minimum Gasteiger partial charge on any atom is -0.464 e. The molecule has 0 radical (unpaired) electrons. The molecule has 0 fully saturated rings. The molecule has 0 saturated heterocycles. The van der Waals surface area contributed by atoms with Crippen molar-refractivity contribution in [3.05, 3.63) is 23.4 Å². The number of pyridine rings is 1. The van der Waals surface area contributed by atoms with E-state index in [0.29, 0.717) is 12.6 Å². The van der Waals surface area contributed by atoms with Gasteiger partial charge in [0.05, 0.1) is 12.7 Å². The summed E-state index contributed by atoms with van der Waals surface area (Å²) in [6.45, 7) is 6.18. The quantitative estimate of drug-likeness (QED) is 0.781. The van der Waals surface area contributed by atoms with E-state index >= 15 is 0 Å². The maximum atomic E-state index is 13.0. The van der Waals surface area contributed by atoms with Crippen molar-refractivity contribution >= 4 is 11.8 Å². The van der Waals surface area contributed by atoms with E-state index in [1.807, 2.05) is 20.8 Å². The third kappa shape index (κ3) is 4.34. The number of aromatic nitrogens is 1. The van der Waals surface area contributed by atoms with Crippen molar-refractivity contribution in [3.63, 3.8) is 0 Å². The van der Waals surface area contributed by atoms with Gasteiger partial charge in [0.2, 0.25) is 0 Å². The zero-order valence-electron chi connectivity index (χ0n) is 12.5. The molecule has 4 nitrogen and oxygen atoms in total. The van der Waals surface area contributed by atoms with Crippen molar-refractivity contribution in [2.75, 3.05) is 18.6 Å². The van der Waals surface area contributed by atoms with Gasteiger partial charge in [-0.25, -0.2) is 9.78 Å². The molecule has 0 amide bonds. The molecule has 118 valence electrons. The Kier molecular flexibility index (Phi) is 5.57. The first kappa shape index (κ1) is 17.3. The summed E-state index contributed by atoms with van der Waals surface area (Å²) in [6.07, 6.45) is -3.79. The van der Waals surface area contributed by atoms with Crippen LogP contribution < -0.4 is 4.90 Å². The molecule has 1 aromatic rings. The van der Waals surface area contributed by atoms with Crippen LogP contribution in [-0.2, 0) is 10.9 Å². The van der Waals surface area contributed by atoms with Gasteiger partial charge in [-0.2, -0.15) is 13.2 Å². The molecule has 0 aliphatic carbocycles. The summed E-state index contributed by atoms with van der Waals surface area (Å²) in [7, 11) is 1.11. The number of anilines is 1. The van der Waals surface area contributed by atoms with Gasteiger partial charge in [-0.3, -0.25) is 0 Å². The van der Waals surface area contributed by atoms with E-state index < -0.39 is 17.7 Å². The van der Waals surface area contributed by atoms with E-state index in [2.05, 4.69) is 9.72 Å². The van der Waals surface area contributed by atoms with Gasteiger partial charge in [0.1, 0.15) is 5.82 Å². The Hall–Kier alpha value is -1.79. The Morgan fingerprint density at radius 3 is 2.43 bits per heavy atom. The van der Waals surface area contributed by atoms with Gasteiger partial charge < -0.3 is 9.64 Å². The summed E-state index contributed by atoms with van der Waals surface area (Å²) in [4.78, 5) is 17.3. The molecule has 0 atom stereocenters. The third-order valence-electron chi connectivity index (χ3n) is 2.92. The molecule has 0 bridgehead atoms. The van der Waals surface area contributed by atoms with E-state index in [1.54, 1.807) is 4.90 Å². The highest BCUT2D eigenvalue weighted by Crippen LogP contribution is 2.32. The number of nitrogens with zero attached hydrogens (tertiary/aromatic N) is 2. The standard InChI is InChI=1S/C14H19F3N2O2/c1-5-6-19(9(2)3)12-8-10(14(15,16)17)7-11(18-12)13(20)21-4/h7-9H,5-6H2,1-4H3. The first-order valence-corrected chi connectivity index (χ1v) is 6.65. The van der Waals surface area contributed by atoms with Crippen molar-refractivity contribution in [1.82, 2.24) is 4.98 Å². The fourth-order valence-electron chi connectivity index (χ4n) is 1.91. The molecule has 1 heterocycles. The van der Waals surface area contributed by atoms with Crippen LogP contribution in [0.2, 0.25) is 0 Å². The highest BCUT2D eigenvalue weighted by molar-refractivity contribution is 5.88. The number of rotatable bonds is 5. The summed E-state index contributed by atoms with van der Waals surface area (Å²) >= 11 is 0. The van der Waals surface area contributed by atoms with Crippen molar-refractivity contribution in [2.24, 2.45) is 0 Å². The molecule has 21 heavy (non-hydrogen) atoms. The van der Waals surface area contributed by atoms with Gasteiger partial charge >= 0.3 is 12.1 Å². The average Bonchev–Trinajstić information content (AvgIpc) is 2.42. The van der Waals surface area contributed by atoms with Crippen LogP contribution in [0.15, 0.2) is 12.1 Å². The van der Waals surface area contributed by atoms with Gasteiger partial charge in [0, 0.05) is 12.6 Å². The molecule has 7 heteroatoms. The van der Waals surface area contributed by atoms with E-state index in [-0.39, 0.29) is 17.6 Å². The fraction of sp³-hybridized carbons (Fsp3) is 0.571. The normalized spacial score (nSPS) is 11.6. The first-order valence-electron chi connectivity index (χ1n) is 6.65. The first-order chi connectivity index (χ1) is 9.70. The van der Waals surface area contributed by atoms with Crippen LogP contribution in [0.5, 0.6) is 0 Å². The van der Waals surface area contributed by atoms with Crippen LogP contribution >= 0.6 is 0 Å². The molecule has 0 N–H and O–H groups in total. The second kappa shape index (κ2) is 6.78. The summed E-state index contributed by atoms with van der Waals surface area (Å²) in [5, 5.41) is 0. The van der Waals surface area contributed by atoms with Gasteiger partial charge in [0.15, 0.2) is 5.69 Å². The van der Waals surface area contributed by atoms with Gasteiger partial charge in [-0.1, -0.05) is 6.92 Å². The number of alkyl halides is 3. The summed E-state index contributed by atoms with van der Waals surface area (Å²) in [5.74, 6) is -0.760. The highest BCUT2D eigenvalue weighted by Gasteiger charge is 2.33. The zero-order valence-corrected chi connectivity index (χ0v) is 12.5. The number of ether oxygens (including phenoxy) is 1. The lowest BCUT2D eigenvalue weighted by atomic mass is 10.2. The number of halogens is 3. The van der Waals surface area contributed by atoms with Crippen LogP contribution in [0.25, 0.3) is 0 Å². The maximum absolute atomic E-state index is 13.0. The predicted octanol–water partition coefficient (Wildman–Crippen LogP) is 3.51. The number of methoxy groups -OCH3 is 1. The Morgan fingerprint density at radius 1 is 1.38 bits per heavy atom. The van der Waals surface area contributed by atoms with Crippen LogP contribution in [0, 0.1) is 0 Å². The molecule has 0 unspecified atom stereocenters. The predicted molar refractivity (Wildman–Crippen MR) is 73.4 cm³/mol. The number of hydrogen-bond acceptors (Lipinski definition) is 4. The van der Waals surface area contributed by atoms with Gasteiger partial charge in [0.25, 0.3) is 0 Å². The Labute approximate surface area is 121 Å². The molecule has 1 aromatic heterocycles. The Balaban J connectivity index is 3.39. The van der Waals surface area contributed by atoms with E-state index in [4.69, 9.17) is 0 Å². The SMILES string of the molecule is CCCN(c1cc(C(F)(F)F)cc(C(=O)OC)n1)C(C)C. The number of carbonyl (C=O) groups excluding carboxylic acids is 1. The molecule has 1 rings (SSSR count). The van der Waals surface area contributed by atoms with E-state index in [1.165, 1.54) is 0 Å². The van der Waals surface area contributed by atoms with E-state index in [9.17, 15) is 18.0 Å². The maximum Gasteiger partial charge on any atom is 0.416 e. The molecule has 0 aliphatic heterocycles. The molecule has 0 saturated carbocycles. The van der Waals surface area contributed by atoms with Crippen LogP contribution in [0.1, 0.15) is 43.2 Å². The molecular weight excluding hydrogens is 285 g/mol. The van der Waals surface area contributed by atoms with Crippen LogP contribution in [0.4, 0.5) is 19.0 Å². The molecular formula is C14H19F3N2O2. The molecule has 0 aromatic carbocycles. The lowest BCUT2D eigenvalue weighted by Crippen LogP contribution is -2.33. The smallest absolute Gasteiger partial charge is 0.416 e. The highest BCUT2D eigenvalue weighted by atomic mass is 19.4. The lowest BCUT2D eigenvalue weighted by Gasteiger charge is -2.28. The monoisotopic (exact) mass is 304 g/mol. The second-order valence-corrected chi connectivity index (χ2v) is 4.88. The topological polar surface area (TPSA) is 42.4 Å². The van der Waals surface area contributed by atoms with Crippen molar-refractivity contribution < 1.29 is 22.7 Å². The zero-order chi connectivity index (χ0) is 16.2. The summed E-state index contributed by atoms with van der Waals surface area (Å²) in [5.41, 5.74) is -1.25. The fourth-order valence-corrected chi connectivity index (χ4v) is 1.91. The second-order valence-electron chi connectivity index (χ2n) is 4.88. The molecule has 0 spiro atoms. The minimum absolute atomic E-state index is 0.0357. The summed E-state index contributed by atoms with van der Waals surface area (Å²) < 4.78 is 43.4. The van der Waals surface area contributed by atoms with Crippen LogP contribution in [0.3, 0.4) is 0 Å². The van der Waals surface area contributed by atoms with Gasteiger partial charge in [-0.05, 0) is 32.4 Å².